The Labute approximate surface area is 204 Å². The molecule has 2 fully saturated rings. The van der Waals surface area contributed by atoms with Gasteiger partial charge < -0.3 is 23.9 Å². The van der Waals surface area contributed by atoms with Gasteiger partial charge >= 0.3 is 6.09 Å². The minimum absolute atomic E-state index is 0.0447. The highest BCUT2D eigenvalue weighted by Gasteiger charge is 2.38. The lowest BCUT2D eigenvalue weighted by Gasteiger charge is -2.37. The first-order valence-corrected chi connectivity index (χ1v) is 12.3. The van der Waals surface area contributed by atoms with Gasteiger partial charge in [-0.1, -0.05) is 15.9 Å². The maximum absolute atomic E-state index is 12.9. The second-order valence-electron chi connectivity index (χ2n) is 10.0. The molecule has 0 saturated carbocycles. The van der Waals surface area contributed by atoms with E-state index in [-0.39, 0.29) is 35.1 Å². The number of benzene rings is 1. The van der Waals surface area contributed by atoms with E-state index in [0.29, 0.717) is 55.8 Å². The molecule has 0 radical (unpaired) electrons. The SMILES string of the molecule is CC(C)(C)OC(=O)N1CCC(N2CC(c3nc4c(oc5ccc(Br)cc54)c(=O)[nH]3)CC2=O)CC1. The Kier molecular flexibility index (Phi) is 5.66. The van der Waals surface area contributed by atoms with Crippen LogP contribution in [0.1, 0.15) is 51.8 Å². The Hall–Kier alpha value is -2.88. The van der Waals surface area contributed by atoms with Crippen molar-refractivity contribution in [2.45, 2.75) is 57.6 Å². The third kappa shape index (κ3) is 4.31. The number of nitrogens with zero attached hydrogens (tertiary/aromatic N) is 3. The molecule has 2 saturated heterocycles. The predicted octanol–water partition coefficient (Wildman–Crippen LogP) is 4.15. The standard InChI is InChI=1S/C24H27BrN4O5/c1-24(2,3)34-23(32)28-8-6-15(7-9-28)29-12-13(10-18(29)30)21-26-19-16-11-14(25)4-5-17(16)33-20(19)22(31)27-21/h4-5,11,13,15H,6-10,12H2,1-3H3,(H,26,27,31). The number of likely N-dealkylation sites (tertiary alicyclic amines) is 2. The van der Waals surface area contributed by atoms with Gasteiger partial charge in [0.15, 0.2) is 0 Å². The molecule has 0 spiro atoms. The summed E-state index contributed by atoms with van der Waals surface area (Å²) < 4.78 is 12.0. The van der Waals surface area contributed by atoms with E-state index in [1.165, 1.54) is 0 Å². The van der Waals surface area contributed by atoms with Crippen molar-refractivity contribution in [2.75, 3.05) is 19.6 Å². The predicted molar refractivity (Wildman–Crippen MR) is 130 cm³/mol. The molecule has 3 aromatic rings. The van der Waals surface area contributed by atoms with Crippen LogP contribution in [0.15, 0.2) is 31.9 Å². The van der Waals surface area contributed by atoms with Gasteiger partial charge in [-0.15, -0.1) is 0 Å². The summed E-state index contributed by atoms with van der Waals surface area (Å²) in [5.74, 6) is 0.344. The second-order valence-corrected chi connectivity index (χ2v) is 10.9. The van der Waals surface area contributed by atoms with Gasteiger partial charge in [0.05, 0.1) is 0 Å². The van der Waals surface area contributed by atoms with Gasteiger partial charge in [0.1, 0.15) is 22.5 Å². The number of carbonyl (C=O) groups excluding carboxylic acids is 2. The fourth-order valence-corrected chi connectivity index (χ4v) is 5.15. The topological polar surface area (TPSA) is 109 Å². The highest BCUT2D eigenvalue weighted by atomic mass is 79.9. The molecule has 1 unspecified atom stereocenters. The average Bonchev–Trinajstić information content (AvgIpc) is 3.33. The van der Waals surface area contributed by atoms with Crippen molar-refractivity contribution in [3.63, 3.8) is 0 Å². The average molecular weight is 531 g/mol. The minimum Gasteiger partial charge on any atom is -0.449 e. The van der Waals surface area contributed by atoms with E-state index in [9.17, 15) is 14.4 Å². The number of furan rings is 1. The molecule has 180 valence electrons. The summed E-state index contributed by atoms with van der Waals surface area (Å²) in [7, 11) is 0. The normalized spacial score (nSPS) is 20.0. The fourth-order valence-electron chi connectivity index (χ4n) is 4.79. The van der Waals surface area contributed by atoms with E-state index in [1.54, 1.807) is 11.0 Å². The van der Waals surface area contributed by atoms with Crippen molar-refractivity contribution in [3.8, 4) is 0 Å². The largest absolute Gasteiger partial charge is 0.449 e. The summed E-state index contributed by atoms with van der Waals surface area (Å²) in [5, 5.41) is 0.757. The summed E-state index contributed by atoms with van der Waals surface area (Å²) in [4.78, 5) is 49.1. The first-order chi connectivity index (χ1) is 16.1. The first kappa shape index (κ1) is 22.9. The molecule has 2 aliphatic rings. The number of rotatable bonds is 2. The zero-order chi connectivity index (χ0) is 24.2. The maximum Gasteiger partial charge on any atom is 0.410 e. The lowest BCUT2D eigenvalue weighted by atomic mass is 10.0. The van der Waals surface area contributed by atoms with Crippen molar-refractivity contribution in [2.24, 2.45) is 0 Å². The monoisotopic (exact) mass is 530 g/mol. The molecule has 1 atom stereocenters. The molecule has 10 heteroatoms. The minimum atomic E-state index is -0.534. The van der Waals surface area contributed by atoms with Crippen LogP contribution in [0.25, 0.3) is 22.1 Å². The number of aromatic amines is 1. The molecule has 0 bridgehead atoms. The Balaban J connectivity index is 1.32. The number of carbonyl (C=O) groups is 2. The van der Waals surface area contributed by atoms with Gasteiger partial charge in [-0.3, -0.25) is 9.59 Å². The molecular formula is C24H27BrN4O5. The molecule has 1 aromatic carbocycles. The summed E-state index contributed by atoms with van der Waals surface area (Å²) in [6, 6.07) is 5.57. The number of hydrogen-bond donors (Lipinski definition) is 1. The number of H-pyrrole nitrogens is 1. The van der Waals surface area contributed by atoms with Gasteiger partial charge in [-0.05, 0) is 51.8 Å². The van der Waals surface area contributed by atoms with Crippen LogP contribution in [-0.2, 0) is 9.53 Å². The van der Waals surface area contributed by atoms with E-state index in [0.717, 1.165) is 9.86 Å². The zero-order valence-corrected chi connectivity index (χ0v) is 21.0. The number of ether oxygens (including phenoxy) is 1. The summed E-state index contributed by atoms with van der Waals surface area (Å²) in [5.41, 5.74) is 0.408. The summed E-state index contributed by atoms with van der Waals surface area (Å²) in [6.07, 6.45) is 1.37. The van der Waals surface area contributed by atoms with Crippen LogP contribution < -0.4 is 5.56 Å². The molecule has 4 heterocycles. The van der Waals surface area contributed by atoms with Crippen LogP contribution in [0.3, 0.4) is 0 Å². The molecular weight excluding hydrogens is 504 g/mol. The lowest BCUT2D eigenvalue weighted by Crippen LogP contribution is -2.48. The number of halogens is 1. The van der Waals surface area contributed by atoms with Gasteiger partial charge in [0.2, 0.25) is 11.5 Å². The Bertz CT molecular complexity index is 1330. The van der Waals surface area contributed by atoms with Crippen LogP contribution in [-0.4, -0.2) is 63.0 Å². The molecule has 1 N–H and O–H groups in total. The lowest BCUT2D eigenvalue weighted by molar-refractivity contribution is -0.130. The van der Waals surface area contributed by atoms with E-state index >= 15 is 0 Å². The quantitative estimate of drug-likeness (QED) is 0.533. The maximum atomic E-state index is 12.9. The number of fused-ring (bicyclic) bond motifs is 3. The summed E-state index contributed by atoms with van der Waals surface area (Å²) >= 11 is 3.45. The Morgan fingerprint density at radius 3 is 2.68 bits per heavy atom. The number of hydrogen-bond acceptors (Lipinski definition) is 6. The van der Waals surface area contributed by atoms with Crippen molar-refractivity contribution < 1.29 is 18.7 Å². The van der Waals surface area contributed by atoms with E-state index in [2.05, 4.69) is 20.9 Å². The molecule has 5 rings (SSSR count). The van der Waals surface area contributed by atoms with Crippen LogP contribution in [0.4, 0.5) is 4.79 Å². The van der Waals surface area contributed by atoms with Crippen molar-refractivity contribution >= 4 is 50.0 Å². The first-order valence-electron chi connectivity index (χ1n) is 11.5. The van der Waals surface area contributed by atoms with Gasteiger partial charge in [-0.25, -0.2) is 9.78 Å². The number of nitrogens with one attached hydrogen (secondary N) is 1. The van der Waals surface area contributed by atoms with Crippen LogP contribution in [0.2, 0.25) is 0 Å². The van der Waals surface area contributed by atoms with Crippen molar-refractivity contribution in [3.05, 3.63) is 38.9 Å². The van der Waals surface area contributed by atoms with Gasteiger partial charge in [0, 0.05) is 47.9 Å². The highest BCUT2D eigenvalue weighted by Crippen LogP contribution is 2.33. The van der Waals surface area contributed by atoms with E-state index in [4.69, 9.17) is 14.1 Å². The number of aromatic nitrogens is 2. The summed E-state index contributed by atoms with van der Waals surface area (Å²) in [6.45, 7) is 7.13. The van der Waals surface area contributed by atoms with Gasteiger partial charge in [-0.2, -0.15) is 0 Å². The fraction of sp³-hybridized carbons (Fsp3) is 0.500. The molecule has 2 aromatic heterocycles. The zero-order valence-electron chi connectivity index (χ0n) is 19.4. The van der Waals surface area contributed by atoms with Crippen LogP contribution >= 0.6 is 15.9 Å². The second kappa shape index (κ2) is 8.41. The third-order valence-corrected chi connectivity index (χ3v) is 6.90. The van der Waals surface area contributed by atoms with E-state index < -0.39 is 5.60 Å². The van der Waals surface area contributed by atoms with Crippen molar-refractivity contribution in [1.29, 1.82) is 0 Å². The third-order valence-electron chi connectivity index (χ3n) is 6.41. The van der Waals surface area contributed by atoms with Crippen molar-refractivity contribution in [1.82, 2.24) is 19.8 Å². The highest BCUT2D eigenvalue weighted by molar-refractivity contribution is 9.10. The molecule has 9 nitrogen and oxygen atoms in total. The van der Waals surface area contributed by atoms with E-state index in [1.807, 2.05) is 37.8 Å². The molecule has 34 heavy (non-hydrogen) atoms. The molecule has 2 aliphatic heterocycles. The number of amides is 2. The number of piperidine rings is 1. The molecule has 0 aliphatic carbocycles. The molecule has 2 amide bonds. The smallest absolute Gasteiger partial charge is 0.410 e. The van der Waals surface area contributed by atoms with Gasteiger partial charge in [0.25, 0.3) is 5.56 Å². The van der Waals surface area contributed by atoms with Crippen LogP contribution in [0, 0.1) is 0 Å². The van der Waals surface area contributed by atoms with Crippen LogP contribution in [0.5, 0.6) is 0 Å². The Morgan fingerprint density at radius 1 is 1.24 bits per heavy atom. The Morgan fingerprint density at radius 2 is 1.97 bits per heavy atom.